The van der Waals surface area contributed by atoms with Gasteiger partial charge in [0.1, 0.15) is 11.6 Å². The lowest BCUT2D eigenvalue weighted by Gasteiger charge is -2.35. The van der Waals surface area contributed by atoms with E-state index in [2.05, 4.69) is 24.1 Å². The summed E-state index contributed by atoms with van der Waals surface area (Å²) in [6.07, 6.45) is 7.51. The minimum absolute atomic E-state index is 0.0118. The Morgan fingerprint density at radius 3 is 2.72 bits per heavy atom. The Labute approximate surface area is 189 Å². The average Bonchev–Trinajstić information content (AvgIpc) is 3.48. The van der Waals surface area contributed by atoms with Crippen LogP contribution in [0.5, 0.6) is 5.75 Å². The first kappa shape index (κ1) is 20.8. The van der Waals surface area contributed by atoms with Crippen molar-refractivity contribution in [2.75, 3.05) is 31.1 Å². The van der Waals surface area contributed by atoms with E-state index in [-0.39, 0.29) is 11.9 Å². The first-order valence-electron chi connectivity index (χ1n) is 11.8. The number of para-hydroxylation sites is 1. The number of anilines is 1. The summed E-state index contributed by atoms with van der Waals surface area (Å²) in [5.41, 5.74) is 3.52. The molecule has 1 aromatic carbocycles. The van der Waals surface area contributed by atoms with E-state index < -0.39 is 0 Å². The highest BCUT2D eigenvalue weighted by atomic mass is 16.5. The normalized spacial score (nSPS) is 19.0. The minimum atomic E-state index is -0.0526. The highest BCUT2D eigenvalue weighted by Crippen LogP contribution is 2.34. The lowest BCUT2D eigenvalue weighted by Crippen LogP contribution is -2.38. The number of hydrogen-bond acceptors (Lipinski definition) is 5. The zero-order valence-electron chi connectivity index (χ0n) is 19.0. The van der Waals surface area contributed by atoms with Crippen molar-refractivity contribution in [1.29, 1.82) is 0 Å². The van der Waals surface area contributed by atoms with Gasteiger partial charge in [0.2, 0.25) is 0 Å². The predicted molar refractivity (Wildman–Crippen MR) is 124 cm³/mol. The molecule has 32 heavy (non-hydrogen) atoms. The summed E-state index contributed by atoms with van der Waals surface area (Å²) >= 11 is 0. The molecule has 7 nitrogen and oxygen atoms in total. The van der Waals surface area contributed by atoms with Crippen LogP contribution >= 0.6 is 0 Å². The molecule has 0 saturated carbocycles. The summed E-state index contributed by atoms with van der Waals surface area (Å²) in [7, 11) is 0. The van der Waals surface area contributed by atoms with Crippen LogP contribution in [-0.4, -0.2) is 51.6 Å². The number of amides is 1. The number of rotatable bonds is 5. The van der Waals surface area contributed by atoms with Gasteiger partial charge in [0.05, 0.1) is 23.9 Å². The van der Waals surface area contributed by atoms with Gasteiger partial charge in [-0.25, -0.2) is 9.50 Å². The van der Waals surface area contributed by atoms with Crippen molar-refractivity contribution in [2.24, 2.45) is 0 Å². The summed E-state index contributed by atoms with van der Waals surface area (Å²) in [5, 5.41) is 4.86. The number of likely N-dealkylation sites (tertiary alicyclic amines) is 1. The first-order valence-corrected chi connectivity index (χ1v) is 11.8. The Bertz CT molecular complexity index is 1120. The highest BCUT2D eigenvalue weighted by Gasteiger charge is 2.32. The van der Waals surface area contributed by atoms with E-state index in [1.807, 2.05) is 40.6 Å². The van der Waals surface area contributed by atoms with Gasteiger partial charge in [0.15, 0.2) is 5.65 Å². The zero-order valence-corrected chi connectivity index (χ0v) is 19.0. The zero-order chi connectivity index (χ0) is 22.1. The van der Waals surface area contributed by atoms with Gasteiger partial charge in [-0.1, -0.05) is 12.1 Å². The van der Waals surface area contributed by atoms with Crippen LogP contribution in [0.15, 0.2) is 36.5 Å². The van der Waals surface area contributed by atoms with E-state index in [0.29, 0.717) is 17.9 Å². The molecule has 0 bridgehead atoms. The molecule has 3 aromatic rings. The predicted octanol–water partition coefficient (Wildman–Crippen LogP) is 4.40. The summed E-state index contributed by atoms with van der Waals surface area (Å²) in [4.78, 5) is 22.8. The molecule has 7 heteroatoms. The molecular formula is C25H31N5O2. The number of aryl methyl sites for hydroxylation is 1. The number of hydrogen-bond donors (Lipinski definition) is 0. The van der Waals surface area contributed by atoms with E-state index in [0.717, 1.165) is 61.6 Å². The van der Waals surface area contributed by atoms with Crippen molar-refractivity contribution < 1.29 is 9.53 Å². The maximum atomic E-state index is 13.6. The third-order valence-corrected chi connectivity index (χ3v) is 6.55. The lowest BCUT2D eigenvalue weighted by molar-refractivity contribution is 0.0601. The van der Waals surface area contributed by atoms with Crippen LogP contribution in [0.1, 0.15) is 66.7 Å². The fraction of sp³-hybridized carbons (Fsp3) is 0.480. The summed E-state index contributed by atoms with van der Waals surface area (Å²) in [5.74, 6) is 1.72. The van der Waals surface area contributed by atoms with Crippen molar-refractivity contribution >= 4 is 17.4 Å². The average molecular weight is 434 g/mol. The number of carbonyl (C=O) groups excluding carboxylic acids is 1. The number of benzene rings is 1. The topological polar surface area (TPSA) is 63.0 Å². The Morgan fingerprint density at radius 1 is 1.12 bits per heavy atom. The van der Waals surface area contributed by atoms with Crippen molar-refractivity contribution in [1.82, 2.24) is 19.5 Å². The van der Waals surface area contributed by atoms with E-state index in [4.69, 9.17) is 14.8 Å². The number of carbonyl (C=O) groups is 1. The minimum Gasteiger partial charge on any atom is -0.493 e. The third-order valence-electron chi connectivity index (χ3n) is 6.55. The van der Waals surface area contributed by atoms with Crippen LogP contribution in [-0.2, 0) is 0 Å². The molecule has 2 saturated heterocycles. The van der Waals surface area contributed by atoms with Gasteiger partial charge < -0.3 is 14.5 Å². The Kier molecular flexibility index (Phi) is 5.72. The second-order valence-electron chi connectivity index (χ2n) is 8.75. The molecule has 2 aromatic heterocycles. The van der Waals surface area contributed by atoms with Crippen LogP contribution in [0.2, 0.25) is 0 Å². The van der Waals surface area contributed by atoms with Gasteiger partial charge in [-0.05, 0) is 58.1 Å². The highest BCUT2D eigenvalue weighted by molar-refractivity contribution is 5.97. The van der Waals surface area contributed by atoms with Crippen LogP contribution in [0.25, 0.3) is 5.65 Å². The van der Waals surface area contributed by atoms with E-state index in [1.54, 1.807) is 0 Å². The molecule has 2 aliphatic rings. The summed E-state index contributed by atoms with van der Waals surface area (Å²) in [6, 6.07) is 9.53. The van der Waals surface area contributed by atoms with Crippen molar-refractivity contribution in [2.45, 2.75) is 52.0 Å². The Balaban J connectivity index is 1.48. The SMILES string of the molecule is CCOc1ccccc1C(=O)N1CCCCC1c1cc2nc(N3CCCC3)c(C)cn2n1. The molecule has 168 valence electrons. The van der Waals surface area contributed by atoms with Crippen molar-refractivity contribution in [3.05, 3.63) is 53.3 Å². The monoisotopic (exact) mass is 433 g/mol. The van der Waals surface area contributed by atoms with Gasteiger partial charge in [-0.15, -0.1) is 0 Å². The fourth-order valence-corrected chi connectivity index (χ4v) is 4.99. The first-order chi connectivity index (χ1) is 15.7. The number of aromatic nitrogens is 3. The van der Waals surface area contributed by atoms with E-state index in [9.17, 15) is 4.79 Å². The maximum absolute atomic E-state index is 13.6. The molecule has 0 radical (unpaired) electrons. The Hall–Kier alpha value is -3.09. The molecule has 1 atom stereocenters. The second kappa shape index (κ2) is 8.81. The van der Waals surface area contributed by atoms with Crippen LogP contribution in [0.3, 0.4) is 0 Å². The Morgan fingerprint density at radius 2 is 1.91 bits per heavy atom. The molecule has 1 amide bonds. The van der Waals surface area contributed by atoms with Crippen LogP contribution in [0, 0.1) is 6.92 Å². The molecule has 0 aliphatic carbocycles. The summed E-state index contributed by atoms with van der Waals surface area (Å²) in [6.45, 7) is 7.42. The van der Waals surface area contributed by atoms with E-state index >= 15 is 0 Å². The standard InChI is InChI=1S/C25H31N5O2/c1-3-32-22-12-5-4-10-19(22)25(31)29-15-7-6-11-21(29)20-16-23-26-24(28-13-8-9-14-28)18(2)17-30(23)27-20/h4-5,10,12,16-17,21H,3,6-9,11,13-15H2,1-2H3. The van der Waals surface area contributed by atoms with Gasteiger partial charge in [0, 0.05) is 37.5 Å². The number of fused-ring (bicyclic) bond motifs is 1. The fourth-order valence-electron chi connectivity index (χ4n) is 4.99. The molecule has 2 aliphatic heterocycles. The lowest BCUT2D eigenvalue weighted by atomic mass is 9.98. The number of nitrogens with zero attached hydrogens (tertiary/aromatic N) is 5. The molecule has 5 rings (SSSR count). The molecule has 2 fully saturated rings. The van der Waals surface area contributed by atoms with Gasteiger partial charge in [-0.3, -0.25) is 4.79 Å². The molecule has 0 spiro atoms. The molecule has 4 heterocycles. The van der Waals surface area contributed by atoms with Crippen LogP contribution < -0.4 is 9.64 Å². The van der Waals surface area contributed by atoms with Crippen molar-refractivity contribution in [3.8, 4) is 5.75 Å². The number of piperidine rings is 1. The third kappa shape index (κ3) is 3.80. The summed E-state index contributed by atoms with van der Waals surface area (Å²) < 4.78 is 7.60. The van der Waals surface area contributed by atoms with Gasteiger partial charge in [-0.2, -0.15) is 5.10 Å². The largest absolute Gasteiger partial charge is 0.493 e. The van der Waals surface area contributed by atoms with Gasteiger partial charge >= 0.3 is 0 Å². The molecule has 0 N–H and O–H groups in total. The van der Waals surface area contributed by atoms with Gasteiger partial charge in [0.25, 0.3) is 5.91 Å². The maximum Gasteiger partial charge on any atom is 0.258 e. The molecular weight excluding hydrogens is 402 g/mol. The van der Waals surface area contributed by atoms with Crippen LogP contribution in [0.4, 0.5) is 5.82 Å². The second-order valence-corrected chi connectivity index (χ2v) is 8.75. The molecule has 1 unspecified atom stereocenters. The van der Waals surface area contributed by atoms with Crippen molar-refractivity contribution in [3.63, 3.8) is 0 Å². The smallest absolute Gasteiger partial charge is 0.258 e. The van der Waals surface area contributed by atoms with E-state index in [1.165, 1.54) is 12.8 Å². The quantitative estimate of drug-likeness (QED) is 0.597. The number of ether oxygens (including phenoxy) is 1.